The minimum atomic E-state index is -1.59. The highest BCUT2D eigenvalue weighted by atomic mass is 28.3. The molecule has 0 nitrogen and oxygen atoms in total. The summed E-state index contributed by atoms with van der Waals surface area (Å²) in [7, 11) is -1.59. The largest absolute Gasteiger partial charge is 0.132 e. The van der Waals surface area contributed by atoms with Gasteiger partial charge in [0.2, 0.25) is 0 Å². The van der Waals surface area contributed by atoms with Crippen molar-refractivity contribution in [3.8, 4) is 0 Å². The molecule has 0 heterocycles. The topological polar surface area (TPSA) is 0 Å². The third-order valence-corrected chi connectivity index (χ3v) is 6.94. The Hall–Kier alpha value is -1.08. The second kappa shape index (κ2) is 4.42. The van der Waals surface area contributed by atoms with Crippen LogP contribution in [-0.4, -0.2) is 8.07 Å². The van der Waals surface area contributed by atoms with E-state index in [9.17, 15) is 0 Å². The van der Waals surface area contributed by atoms with Crippen molar-refractivity contribution in [2.45, 2.75) is 19.9 Å². The van der Waals surface area contributed by atoms with E-state index in [1.54, 1.807) is 0 Å². The Balaban J connectivity index is 3.17. The van der Waals surface area contributed by atoms with Gasteiger partial charge in [-0.05, 0) is 13.0 Å². The fourth-order valence-corrected chi connectivity index (χ4v) is 4.09. The zero-order chi connectivity index (χ0) is 10.6. The third kappa shape index (κ3) is 1.88. The zero-order valence-corrected chi connectivity index (χ0v) is 10.1. The Morgan fingerprint density at radius 1 is 1.14 bits per heavy atom. The highest BCUT2D eigenvalue weighted by Gasteiger charge is 2.25. The van der Waals surface area contributed by atoms with Crippen LogP contribution in [0.25, 0.3) is 0 Å². The summed E-state index contributed by atoms with van der Waals surface area (Å²) in [6.45, 7) is 12.3. The van der Waals surface area contributed by atoms with Crippen LogP contribution in [0.2, 0.25) is 6.04 Å². The monoisotopic (exact) mass is 202 g/mol. The van der Waals surface area contributed by atoms with Gasteiger partial charge in [0, 0.05) is 0 Å². The zero-order valence-electron chi connectivity index (χ0n) is 9.09. The van der Waals surface area contributed by atoms with Gasteiger partial charge in [-0.2, -0.15) is 0 Å². The van der Waals surface area contributed by atoms with Crippen molar-refractivity contribution in [2.24, 2.45) is 0 Å². The number of aryl methyl sites for hydroxylation is 1. The molecule has 1 heteroatoms. The van der Waals surface area contributed by atoms with Gasteiger partial charge in [0.15, 0.2) is 0 Å². The molecule has 0 unspecified atom stereocenters. The molecule has 0 bridgehead atoms. The van der Waals surface area contributed by atoms with Crippen LogP contribution in [-0.2, 0) is 0 Å². The van der Waals surface area contributed by atoms with Crippen molar-refractivity contribution in [1.29, 1.82) is 0 Å². The quantitative estimate of drug-likeness (QED) is 0.658. The fourth-order valence-electron chi connectivity index (χ4n) is 1.68. The van der Waals surface area contributed by atoms with E-state index >= 15 is 0 Å². The molecule has 14 heavy (non-hydrogen) atoms. The Morgan fingerprint density at radius 3 is 2.00 bits per heavy atom. The van der Waals surface area contributed by atoms with Crippen molar-refractivity contribution in [2.75, 3.05) is 0 Å². The fraction of sp³-hybridized carbons (Fsp3) is 0.231. The normalized spacial score (nSPS) is 11.0. The van der Waals surface area contributed by atoms with Crippen molar-refractivity contribution in [3.05, 3.63) is 54.4 Å². The van der Waals surface area contributed by atoms with Crippen molar-refractivity contribution < 1.29 is 0 Å². The van der Waals surface area contributed by atoms with Gasteiger partial charge >= 0.3 is 0 Å². The van der Waals surface area contributed by atoms with Crippen LogP contribution < -0.4 is 5.19 Å². The minimum Gasteiger partial charge on any atom is -0.106 e. The van der Waals surface area contributed by atoms with Crippen LogP contribution in [0.15, 0.2) is 48.8 Å². The molecule has 74 valence electrons. The lowest BCUT2D eigenvalue weighted by Crippen LogP contribution is -2.43. The average molecular weight is 202 g/mol. The van der Waals surface area contributed by atoms with Crippen molar-refractivity contribution in [1.82, 2.24) is 0 Å². The summed E-state index contributed by atoms with van der Waals surface area (Å²) in [4.78, 5) is 0. The molecule has 0 aliphatic rings. The van der Waals surface area contributed by atoms with Gasteiger partial charge in [-0.25, -0.2) is 0 Å². The lowest BCUT2D eigenvalue weighted by atomic mass is 10.2. The second-order valence-corrected chi connectivity index (χ2v) is 7.85. The van der Waals surface area contributed by atoms with E-state index in [1.165, 1.54) is 10.8 Å². The maximum absolute atomic E-state index is 3.96. The van der Waals surface area contributed by atoms with Gasteiger partial charge in [0.1, 0.15) is 8.07 Å². The van der Waals surface area contributed by atoms with Crippen LogP contribution in [0.5, 0.6) is 0 Å². The summed E-state index contributed by atoms with van der Waals surface area (Å²) in [6, 6.07) is 9.91. The van der Waals surface area contributed by atoms with Crippen molar-refractivity contribution in [3.63, 3.8) is 0 Å². The Bertz CT molecular complexity index is 314. The summed E-state index contributed by atoms with van der Waals surface area (Å²) in [5.41, 5.74) is 5.54. The molecule has 0 amide bonds. The van der Waals surface area contributed by atoms with Gasteiger partial charge in [-0.15, -0.1) is 13.2 Å². The first kappa shape index (κ1) is 11.0. The molecule has 0 saturated heterocycles. The predicted octanol–water partition coefficient (Wildman–Crippen LogP) is 3.12. The predicted molar refractivity (Wildman–Crippen MR) is 67.4 cm³/mol. The Kier molecular flexibility index (Phi) is 3.47. The van der Waals surface area contributed by atoms with Gasteiger partial charge in [0.25, 0.3) is 0 Å². The minimum absolute atomic E-state index is 1.14. The summed E-state index contributed by atoms with van der Waals surface area (Å²) in [5.74, 6) is 0. The average Bonchev–Trinajstić information content (AvgIpc) is 2.24. The van der Waals surface area contributed by atoms with E-state index < -0.39 is 8.07 Å². The Morgan fingerprint density at radius 2 is 1.64 bits per heavy atom. The standard InChI is InChI=1S/C13H18Si/c1-5-14(6-2,7-3)13-10-8-12(4)9-11-13/h5-6,8-11H,1-2,7H2,3-4H3. The molecular formula is C13H18Si. The van der Waals surface area contributed by atoms with Gasteiger partial charge in [-0.3, -0.25) is 0 Å². The maximum Gasteiger partial charge on any atom is 0.132 e. The molecule has 0 aliphatic carbocycles. The maximum atomic E-state index is 3.96. The van der Waals surface area contributed by atoms with Gasteiger partial charge in [0.05, 0.1) is 0 Å². The summed E-state index contributed by atoms with van der Waals surface area (Å²) < 4.78 is 0. The molecular weight excluding hydrogens is 184 g/mol. The molecule has 0 radical (unpaired) electrons. The van der Waals surface area contributed by atoms with Gasteiger partial charge < -0.3 is 0 Å². The van der Waals surface area contributed by atoms with Crippen LogP contribution >= 0.6 is 0 Å². The van der Waals surface area contributed by atoms with Crippen molar-refractivity contribution >= 4 is 13.3 Å². The molecule has 0 fully saturated rings. The first-order chi connectivity index (χ1) is 6.68. The highest BCUT2D eigenvalue weighted by Crippen LogP contribution is 2.12. The van der Waals surface area contributed by atoms with Crippen LogP contribution in [0.4, 0.5) is 0 Å². The summed E-state index contributed by atoms with van der Waals surface area (Å²) >= 11 is 0. The van der Waals surface area contributed by atoms with E-state index in [0.717, 1.165) is 6.04 Å². The molecule has 0 saturated carbocycles. The first-order valence-electron chi connectivity index (χ1n) is 5.03. The van der Waals surface area contributed by atoms with E-state index in [4.69, 9.17) is 0 Å². The third-order valence-electron chi connectivity index (χ3n) is 2.90. The lowest BCUT2D eigenvalue weighted by Gasteiger charge is -2.23. The van der Waals surface area contributed by atoms with Crippen LogP contribution in [0, 0.1) is 6.92 Å². The van der Waals surface area contributed by atoms with Gasteiger partial charge in [-0.1, -0.05) is 53.3 Å². The summed E-state index contributed by atoms with van der Waals surface area (Å²) in [6.07, 6.45) is 0. The smallest absolute Gasteiger partial charge is 0.106 e. The first-order valence-corrected chi connectivity index (χ1v) is 7.39. The SMILES string of the molecule is C=C[Si](C=C)(CC)c1ccc(C)cc1. The van der Waals surface area contributed by atoms with E-state index in [1.807, 2.05) is 0 Å². The molecule has 0 N–H and O–H groups in total. The highest BCUT2D eigenvalue weighted by molar-refractivity contribution is 6.99. The van der Waals surface area contributed by atoms with E-state index in [-0.39, 0.29) is 0 Å². The Labute approximate surface area is 88.0 Å². The van der Waals surface area contributed by atoms with E-state index in [0.29, 0.717) is 0 Å². The van der Waals surface area contributed by atoms with Crippen LogP contribution in [0.1, 0.15) is 12.5 Å². The molecule has 0 aliphatic heterocycles. The molecule has 1 aromatic rings. The molecule has 1 rings (SSSR count). The number of hydrogen-bond acceptors (Lipinski definition) is 0. The second-order valence-electron chi connectivity index (χ2n) is 3.67. The number of rotatable bonds is 4. The van der Waals surface area contributed by atoms with E-state index in [2.05, 4.69) is 62.7 Å². The molecule has 0 atom stereocenters. The summed E-state index contributed by atoms with van der Waals surface area (Å²) in [5, 5.41) is 1.41. The molecule has 0 aromatic heterocycles. The number of benzene rings is 1. The molecule has 1 aromatic carbocycles. The number of hydrogen-bond donors (Lipinski definition) is 0. The van der Waals surface area contributed by atoms with Crippen LogP contribution in [0.3, 0.4) is 0 Å². The molecule has 0 spiro atoms. The lowest BCUT2D eigenvalue weighted by molar-refractivity contribution is 1.40.